The van der Waals surface area contributed by atoms with Crippen LogP contribution in [0.25, 0.3) is 0 Å². The monoisotopic (exact) mass is 468 g/mol. The number of ether oxygens (including phenoxy) is 3. The Morgan fingerprint density at radius 2 is 0.879 bits per heavy atom. The third kappa shape index (κ3) is 3.22. The minimum Gasteiger partial charge on any atom is -0.393 e. The summed E-state index contributed by atoms with van der Waals surface area (Å²) in [4.78, 5) is 0. The van der Waals surface area contributed by atoms with Crippen molar-refractivity contribution in [2.24, 2.45) is 32.5 Å². The highest BCUT2D eigenvalue weighted by Crippen LogP contribution is 2.68. The van der Waals surface area contributed by atoms with Gasteiger partial charge >= 0.3 is 0 Å². The van der Waals surface area contributed by atoms with Gasteiger partial charge in [-0.25, -0.2) is 0 Å². The molecular formula is C29H56O4. The van der Waals surface area contributed by atoms with Crippen LogP contribution in [0.1, 0.15) is 118 Å². The molecule has 0 amide bonds. The summed E-state index contributed by atoms with van der Waals surface area (Å²) in [6.07, 6.45) is 0. The van der Waals surface area contributed by atoms with E-state index in [0.717, 1.165) is 0 Å². The average Bonchev–Trinajstić information content (AvgIpc) is 2.63. The van der Waals surface area contributed by atoms with Crippen molar-refractivity contribution in [1.82, 2.24) is 0 Å². The molecule has 2 unspecified atom stereocenters. The van der Waals surface area contributed by atoms with Crippen molar-refractivity contribution in [3.05, 3.63) is 0 Å². The molecule has 0 saturated carbocycles. The first-order valence-corrected chi connectivity index (χ1v) is 12.8. The lowest BCUT2D eigenvalue weighted by Gasteiger charge is -2.71. The molecule has 2 fully saturated rings. The number of aliphatic hydroxyl groups is 1. The largest absolute Gasteiger partial charge is 0.393 e. The Morgan fingerprint density at radius 3 is 1.30 bits per heavy atom. The molecule has 0 radical (unpaired) electrons. The van der Waals surface area contributed by atoms with Gasteiger partial charge in [-0.1, -0.05) is 83.1 Å². The lowest BCUT2D eigenvalue weighted by molar-refractivity contribution is -0.433. The molecule has 0 aromatic rings. The number of rotatable bonds is 4. The number of hydrogen-bond acceptors (Lipinski definition) is 4. The van der Waals surface area contributed by atoms with Crippen molar-refractivity contribution in [3.8, 4) is 0 Å². The molecule has 2 saturated heterocycles. The minimum absolute atomic E-state index is 0.0232. The van der Waals surface area contributed by atoms with Gasteiger partial charge in [-0.15, -0.1) is 0 Å². The molecule has 3 atom stereocenters. The van der Waals surface area contributed by atoms with Gasteiger partial charge in [-0.3, -0.25) is 0 Å². The second-order valence-corrected chi connectivity index (χ2v) is 15.3. The maximum absolute atomic E-state index is 10.5. The van der Waals surface area contributed by atoms with Crippen LogP contribution >= 0.6 is 0 Å². The fourth-order valence-corrected chi connectivity index (χ4v) is 6.63. The molecule has 0 aliphatic carbocycles. The summed E-state index contributed by atoms with van der Waals surface area (Å²) in [5.41, 5.74) is -2.67. The quantitative estimate of drug-likeness (QED) is 0.473. The Kier molecular flexibility index (Phi) is 6.35. The van der Waals surface area contributed by atoms with E-state index in [0.29, 0.717) is 6.61 Å². The van der Waals surface area contributed by atoms with Gasteiger partial charge in [-0.05, 0) is 50.9 Å². The van der Waals surface area contributed by atoms with Crippen molar-refractivity contribution < 1.29 is 19.3 Å². The van der Waals surface area contributed by atoms with Gasteiger partial charge in [0.15, 0.2) is 5.79 Å². The van der Waals surface area contributed by atoms with Crippen LogP contribution in [0.15, 0.2) is 0 Å². The van der Waals surface area contributed by atoms with Crippen LogP contribution in [0.3, 0.4) is 0 Å². The highest BCUT2D eigenvalue weighted by molar-refractivity contribution is 5.17. The molecule has 4 heteroatoms. The Balaban J connectivity index is 2.55. The molecule has 2 aliphatic heterocycles. The standard InChI is InChI=1S/C29H56O4/c1-20(2)22(5,6)26(13,14)32-28(16,24(20,9)10)19-31-29(17)25(11,12)21(3,4)23(7,8)27(15,18-30)33-29/h30H,18-19H2,1-17H3/t27?,28?,29-/m1/s1. The molecule has 0 aromatic carbocycles. The average molecular weight is 469 g/mol. The summed E-state index contributed by atoms with van der Waals surface area (Å²) >= 11 is 0. The van der Waals surface area contributed by atoms with E-state index in [-0.39, 0.29) is 44.7 Å². The van der Waals surface area contributed by atoms with Crippen molar-refractivity contribution in [3.63, 3.8) is 0 Å². The van der Waals surface area contributed by atoms with Crippen LogP contribution in [-0.4, -0.2) is 40.9 Å². The van der Waals surface area contributed by atoms with Crippen LogP contribution in [-0.2, 0) is 14.2 Å². The van der Waals surface area contributed by atoms with Crippen LogP contribution in [0.5, 0.6) is 0 Å². The first-order valence-electron chi connectivity index (χ1n) is 12.8. The van der Waals surface area contributed by atoms with E-state index in [1.165, 1.54) is 0 Å². The lowest BCUT2D eigenvalue weighted by Crippen LogP contribution is -2.75. The Morgan fingerprint density at radius 1 is 0.485 bits per heavy atom. The molecule has 0 bridgehead atoms. The van der Waals surface area contributed by atoms with Crippen molar-refractivity contribution in [2.75, 3.05) is 13.2 Å². The smallest absolute Gasteiger partial charge is 0.172 e. The summed E-state index contributed by atoms with van der Waals surface area (Å²) in [7, 11) is 0. The molecule has 4 nitrogen and oxygen atoms in total. The fraction of sp³-hybridized carbons (Fsp3) is 1.00. The van der Waals surface area contributed by atoms with Crippen LogP contribution < -0.4 is 0 Å². The summed E-state index contributed by atoms with van der Waals surface area (Å²) in [5.74, 6) is -0.910. The zero-order valence-corrected chi connectivity index (χ0v) is 25.1. The number of hydrogen-bond donors (Lipinski definition) is 1. The molecule has 0 spiro atoms. The van der Waals surface area contributed by atoms with E-state index in [1.54, 1.807) is 0 Å². The number of aliphatic hydroxyl groups excluding tert-OH is 1. The van der Waals surface area contributed by atoms with Crippen LogP contribution in [0, 0.1) is 32.5 Å². The van der Waals surface area contributed by atoms with Gasteiger partial charge in [-0.2, -0.15) is 0 Å². The Labute approximate surface area is 205 Å². The third-order valence-electron chi connectivity index (χ3n) is 13.4. The van der Waals surface area contributed by atoms with Gasteiger partial charge in [0.25, 0.3) is 0 Å². The third-order valence-corrected chi connectivity index (χ3v) is 13.4. The topological polar surface area (TPSA) is 47.9 Å². The van der Waals surface area contributed by atoms with E-state index < -0.39 is 17.0 Å². The normalized spacial score (nSPS) is 42.0. The van der Waals surface area contributed by atoms with Gasteiger partial charge in [0, 0.05) is 16.2 Å². The van der Waals surface area contributed by atoms with E-state index in [9.17, 15) is 5.11 Å². The highest BCUT2D eigenvalue weighted by Gasteiger charge is 2.71. The first kappa shape index (κ1) is 29.1. The Hall–Kier alpha value is -0.160. The van der Waals surface area contributed by atoms with Gasteiger partial charge < -0.3 is 19.3 Å². The van der Waals surface area contributed by atoms with E-state index >= 15 is 0 Å². The SMILES string of the molecule is CC1(C)OC(C)(CO[C@]2(C)OC(C)(CO)C(C)(C)C(C)(C)C2(C)C)C(C)(C)C(C)(C)C1(C)C. The van der Waals surface area contributed by atoms with E-state index in [1.807, 2.05) is 6.92 Å². The zero-order valence-electron chi connectivity index (χ0n) is 25.1. The molecule has 0 aromatic heterocycles. The summed E-state index contributed by atoms with van der Waals surface area (Å²) in [6.45, 7) is 38.5. The molecule has 2 aliphatic rings. The second-order valence-electron chi connectivity index (χ2n) is 15.3. The van der Waals surface area contributed by atoms with Gasteiger partial charge in [0.2, 0.25) is 0 Å². The maximum atomic E-state index is 10.5. The zero-order chi connectivity index (χ0) is 26.5. The molecule has 196 valence electrons. The molecule has 2 heterocycles. The van der Waals surface area contributed by atoms with Crippen molar-refractivity contribution in [1.29, 1.82) is 0 Å². The fourth-order valence-electron chi connectivity index (χ4n) is 6.63. The second kappa shape index (κ2) is 7.20. The predicted octanol–water partition coefficient (Wildman–Crippen LogP) is 7.23. The Bertz CT molecular complexity index is 772. The molecule has 33 heavy (non-hydrogen) atoms. The lowest BCUT2D eigenvalue weighted by atomic mass is 9.44. The van der Waals surface area contributed by atoms with Gasteiger partial charge in [0.1, 0.15) is 0 Å². The predicted molar refractivity (Wildman–Crippen MR) is 137 cm³/mol. The maximum Gasteiger partial charge on any atom is 0.172 e. The highest BCUT2D eigenvalue weighted by atomic mass is 16.7. The minimum atomic E-state index is -0.910. The molecule has 1 N–H and O–H groups in total. The summed E-state index contributed by atoms with van der Waals surface area (Å²) in [6, 6.07) is 0. The van der Waals surface area contributed by atoms with E-state index in [4.69, 9.17) is 14.2 Å². The molecular weight excluding hydrogens is 412 g/mol. The summed E-state index contributed by atoms with van der Waals surface area (Å²) in [5, 5.41) is 10.5. The van der Waals surface area contributed by atoms with Crippen LogP contribution in [0.4, 0.5) is 0 Å². The summed E-state index contributed by atoms with van der Waals surface area (Å²) < 4.78 is 20.7. The van der Waals surface area contributed by atoms with Gasteiger partial charge in [0.05, 0.1) is 30.0 Å². The van der Waals surface area contributed by atoms with Crippen molar-refractivity contribution in [2.45, 2.75) is 140 Å². The molecule has 2 rings (SSSR count). The van der Waals surface area contributed by atoms with E-state index in [2.05, 4.69) is 111 Å². The van der Waals surface area contributed by atoms with Crippen LogP contribution in [0.2, 0.25) is 0 Å². The van der Waals surface area contributed by atoms with Crippen molar-refractivity contribution >= 4 is 0 Å². The first-order chi connectivity index (χ1) is 14.2.